The molecule has 3 aliphatic heterocycles. The topological polar surface area (TPSA) is 167 Å². The molecule has 0 unspecified atom stereocenters. The second-order valence-electron chi connectivity index (χ2n) is 12.5. The largest absolute Gasteiger partial charge is 0.488 e. The predicted octanol–water partition coefficient (Wildman–Crippen LogP) is 3.07. The van der Waals surface area contributed by atoms with E-state index < -0.39 is 16.1 Å². The summed E-state index contributed by atoms with van der Waals surface area (Å²) in [6.45, 7) is 5.37. The number of benzene rings is 2. The highest BCUT2D eigenvalue weighted by Crippen LogP contribution is 2.34. The fraction of sp³-hybridized carbons (Fsp3) is 0.500. The number of nitrogens with zero attached hydrogens (tertiary/aromatic N) is 6. The molecule has 0 bridgehead atoms. The zero-order valence-electron chi connectivity index (χ0n) is 26.6. The first kappa shape index (κ1) is 34.6. The van der Waals surface area contributed by atoms with Crippen LogP contribution >= 0.6 is 12.4 Å². The van der Waals surface area contributed by atoms with Gasteiger partial charge in [-0.25, -0.2) is 13.2 Å². The molecule has 252 valence electrons. The van der Waals surface area contributed by atoms with E-state index in [-0.39, 0.29) is 47.5 Å². The Morgan fingerprint density at radius 3 is 2.47 bits per heavy atom. The summed E-state index contributed by atoms with van der Waals surface area (Å²) in [6, 6.07) is 12.4. The number of hydrogen-bond acceptors (Lipinski definition) is 9. The first-order valence-corrected chi connectivity index (χ1v) is 17.2. The van der Waals surface area contributed by atoms with E-state index in [0.29, 0.717) is 56.3 Å². The van der Waals surface area contributed by atoms with Crippen molar-refractivity contribution in [2.75, 3.05) is 44.2 Å². The van der Waals surface area contributed by atoms with Crippen LogP contribution in [-0.2, 0) is 21.9 Å². The van der Waals surface area contributed by atoms with E-state index in [9.17, 15) is 23.3 Å². The standard InChI is InChI=1S/C32H40N8O5S.ClH/c1-21(45-29-18-26(5-3-24(29)19-33)46(43,44)39-14-9-25(34)10-15-39)20-38-12-7-22(8-13-38)23-4-6-27-28(17-23)37(2)36-31(27)40-16-11-30(41)35-32(40)42;/h3-6,17-18,21-22,25H,7-16,20,34H2,1-2H3,(H,35,41,42);1H/t21-;/m0./s1. The van der Waals surface area contributed by atoms with Gasteiger partial charge in [0.1, 0.15) is 17.9 Å². The summed E-state index contributed by atoms with van der Waals surface area (Å²) in [4.78, 5) is 28.0. The van der Waals surface area contributed by atoms with E-state index in [1.54, 1.807) is 4.68 Å². The van der Waals surface area contributed by atoms with Gasteiger partial charge in [0.05, 0.1) is 16.0 Å². The van der Waals surface area contributed by atoms with Crippen molar-refractivity contribution >= 4 is 51.1 Å². The maximum atomic E-state index is 13.3. The van der Waals surface area contributed by atoms with Crippen molar-refractivity contribution in [3.05, 3.63) is 47.5 Å². The summed E-state index contributed by atoms with van der Waals surface area (Å²) in [5.41, 5.74) is 8.41. The number of imide groups is 1. The number of anilines is 1. The molecule has 4 heterocycles. The monoisotopic (exact) mass is 684 g/mol. The molecule has 47 heavy (non-hydrogen) atoms. The molecule has 0 radical (unpaired) electrons. The van der Waals surface area contributed by atoms with E-state index in [4.69, 9.17) is 10.5 Å². The average Bonchev–Trinajstić information content (AvgIpc) is 3.36. The Morgan fingerprint density at radius 2 is 1.79 bits per heavy atom. The Morgan fingerprint density at radius 1 is 1.06 bits per heavy atom. The van der Waals surface area contributed by atoms with Crippen LogP contribution in [-0.4, -0.2) is 90.8 Å². The zero-order chi connectivity index (χ0) is 32.6. The number of nitriles is 1. The molecule has 0 spiro atoms. The van der Waals surface area contributed by atoms with Crippen molar-refractivity contribution in [2.24, 2.45) is 12.8 Å². The number of halogens is 1. The number of carbonyl (C=O) groups excluding carboxylic acids is 2. The fourth-order valence-corrected chi connectivity index (χ4v) is 8.15. The predicted molar refractivity (Wildman–Crippen MR) is 179 cm³/mol. The summed E-state index contributed by atoms with van der Waals surface area (Å²) in [5.74, 6) is 0.915. The molecule has 0 saturated carbocycles. The molecule has 3 saturated heterocycles. The number of aromatic nitrogens is 2. The Bertz CT molecular complexity index is 1790. The molecule has 2 aromatic carbocycles. The van der Waals surface area contributed by atoms with Gasteiger partial charge in [-0.15, -0.1) is 12.4 Å². The third-order valence-corrected chi connectivity index (χ3v) is 11.2. The van der Waals surface area contributed by atoms with Gasteiger partial charge in [-0.3, -0.25) is 24.6 Å². The maximum absolute atomic E-state index is 13.3. The van der Waals surface area contributed by atoms with Crippen molar-refractivity contribution in [2.45, 2.75) is 62.0 Å². The Labute approximate surface area is 281 Å². The van der Waals surface area contributed by atoms with Gasteiger partial charge in [0.2, 0.25) is 15.9 Å². The molecule has 6 rings (SSSR count). The normalized spacial score (nSPS) is 19.7. The second kappa shape index (κ2) is 14.2. The number of urea groups is 1. The van der Waals surface area contributed by atoms with Gasteiger partial charge in [-0.05, 0) is 81.4 Å². The fourth-order valence-electron chi connectivity index (χ4n) is 6.66. The lowest BCUT2D eigenvalue weighted by atomic mass is 9.89. The minimum absolute atomic E-state index is 0. The molecule has 3 aliphatic rings. The number of piperidine rings is 2. The highest BCUT2D eigenvalue weighted by Gasteiger charge is 2.31. The van der Waals surface area contributed by atoms with E-state index in [2.05, 4.69) is 33.5 Å². The molecule has 13 nitrogen and oxygen atoms in total. The Balaban J connectivity index is 0.00000433. The summed E-state index contributed by atoms with van der Waals surface area (Å²) >= 11 is 0. The van der Waals surface area contributed by atoms with Crippen molar-refractivity contribution in [1.82, 2.24) is 24.3 Å². The summed E-state index contributed by atoms with van der Waals surface area (Å²) in [6.07, 6.45) is 3.13. The number of hydrogen-bond donors (Lipinski definition) is 2. The highest BCUT2D eigenvalue weighted by atomic mass is 35.5. The van der Waals surface area contributed by atoms with Gasteiger partial charge < -0.3 is 10.5 Å². The van der Waals surface area contributed by atoms with Gasteiger partial charge in [0.15, 0.2) is 5.82 Å². The minimum Gasteiger partial charge on any atom is -0.488 e. The van der Waals surface area contributed by atoms with Gasteiger partial charge in [0, 0.05) is 57.1 Å². The number of likely N-dealkylation sites (tertiary alicyclic amines) is 1. The number of sulfonamides is 1. The average molecular weight is 685 g/mol. The zero-order valence-corrected chi connectivity index (χ0v) is 28.2. The number of ether oxygens (including phenoxy) is 1. The van der Waals surface area contributed by atoms with Crippen LogP contribution in [0.1, 0.15) is 56.1 Å². The van der Waals surface area contributed by atoms with Crippen LogP contribution in [0, 0.1) is 11.3 Å². The number of aryl methyl sites for hydroxylation is 1. The smallest absolute Gasteiger partial charge is 0.329 e. The van der Waals surface area contributed by atoms with Crippen molar-refractivity contribution in [1.29, 1.82) is 5.26 Å². The maximum Gasteiger partial charge on any atom is 0.329 e. The molecule has 3 amide bonds. The molecule has 1 aromatic heterocycles. The first-order valence-electron chi connectivity index (χ1n) is 15.8. The van der Waals surface area contributed by atoms with Gasteiger partial charge in [-0.2, -0.15) is 14.7 Å². The van der Waals surface area contributed by atoms with Crippen molar-refractivity contribution in [3.8, 4) is 11.8 Å². The van der Waals surface area contributed by atoms with E-state index >= 15 is 0 Å². The van der Waals surface area contributed by atoms with Crippen LogP contribution in [0.4, 0.5) is 10.6 Å². The summed E-state index contributed by atoms with van der Waals surface area (Å²) in [5, 5.41) is 17.5. The summed E-state index contributed by atoms with van der Waals surface area (Å²) in [7, 11) is -1.85. The number of nitrogens with one attached hydrogen (secondary N) is 1. The number of fused-ring (bicyclic) bond motifs is 1. The van der Waals surface area contributed by atoms with Gasteiger partial charge in [0.25, 0.3) is 0 Å². The van der Waals surface area contributed by atoms with Crippen LogP contribution in [0.5, 0.6) is 5.75 Å². The molecule has 3 aromatic rings. The Hall–Kier alpha value is -3.74. The highest BCUT2D eigenvalue weighted by molar-refractivity contribution is 7.89. The van der Waals surface area contributed by atoms with Crippen LogP contribution in [0.25, 0.3) is 10.9 Å². The van der Waals surface area contributed by atoms with Gasteiger partial charge >= 0.3 is 6.03 Å². The van der Waals surface area contributed by atoms with E-state index in [0.717, 1.165) is 36.8 Å². The number of carbonyl (C=O) groups is 2. The summed E-state index contributed by atoms with van der Waals surface area (Å²) < 4.78 is 36.0. The SMILES string of the molecule is C[C@@H](CN1CCC(c2ccc3c(N4CCC(=O)NC4=O)nn(C)c3c2)CC1)Oc1cc(S(=O)(=O)N2CCC(N)CC2)ccc1C#N.Cl. The molecule has 3 N–H and O–H groups in total. The van der Waals surface area contributed by atoms with E-state index in [1.807, 2.05) is 20.0 Å². The lowest BCUT2D eigenvalue weighted by Crippen LogP contribution is -2.49. The van der Waals surface area contributed by atoms with Crippen LogP contribution in [0.2, 0.25) is 0 Å². The number of rotatable bonds is 8. The van der Waals surface area contributed by atoms with Crippen molar-refractivity contribution < 1.29 is 22.7 Å². The van der Waals surface area contributed by atoms with Crippen LogP contribution in [0.3, 0.4) is 0 Å². The lowest BCUT2D eigenvalue weighted by Gasteiger charge is -2.34. The van der Waals surface area contributed by atoms with E-state index in [1.165, 1.54) is 33.0 Å². The molecule has 3 fully saturated rings. The quantitative estimate of drug-likeness (QED) is 0.363. The Kier molecular flexibility index (Phi) is 10.4. The molecular formula is C32H41ClN8O5S. The number of nitrogens with two attached hydrogens (primary N) is 1. The van der Waals surface area contributed by atoms with Gasteiger partial charge in [-0.1, -0.05) is 6.07 Å². The second-order valence-corrected chi connectivity index (χ2v) is 14.4. The number of amides is 3. The molecule has 0 aliphatic carbocycles. The third-order valence-electron chi connectivity index (χ3n) is 9.28. The van der Waals surface area contributed by atoms with Crippen molar-refractivity contribution in [3.63, 3.8) is 0 Å². The third kappa shape index (κ3) is 7.24. The first-order chi connectivity index (χ1) is 22.0. The van der Waals surface area contributed by atoms with Crippen LogP contribution in [0.15, 0.2) is 41.3 Å². The van der Waals surface area contributed by atoms with Crippen LogP contribution < -0.4 is 20.7 Å². The lowest BCUT2D eigenvalue weighted by molar-refractivity contribution is -0.120. The molecule has 15 heteroatoms. The minimum atomic E-state index is -3.71. The molecule has 1 atom stereocenters. The molecular weight excluding hydrogens is 644 g/mol.